The third-order valence-corrected chi connectivity index (χ3v) is 3.51. The van der Waals surface area contributed by atoms with Crippen LogP contribution >= 0.6 is 0 Å². The number of urea groups is 1. The van der Waals surface area contributed by atoms with Crippen molar-refractivity contribution in [3.8, 4) is 0 Å². The first-order valence-electron chi connectivity index (χ1n) is 7.37. The SMILES string of the molecule is CCN(CC)C(=O)NCCNC(=O)c1ccc(C)c(C)c1. The average molecular weight is 291 g/mol. The van der Waals surface area contributed by atoms with Crippen LogP contribution in [0.5, 0.6) is 0 Å². The molecule has 2 N–H and O–H groups in total. The fourth-order valence-electron chi connectivity index (χ4n) is 1.95. The predicted octanol–water partition coefficient (Wildman–Crippen LogP) is 2.08. The van der Waals surface area contributed by atoms with E-state index in [4.69, 9.17) is 0 Å². The van der Waals surface area contributed by atoms with Crippen LogP contribution in [0.2, 0.25) is 0 Å². The Kier molecular flexibility index (Phi) is 6.72. The highest BCUT2D eigenvalue weighted by Gasteiger charge is 2.09. The zero-order chi connectivity index (χ0) is 15.8. The average Bonchev–Trinajstić information content (AvgIpc) is 2.47. The Morgan fingerprint density at radius 3 is 2.19 bits per heavy atom. The quantitative estimate of drug-likeness (QED) is 0.788. The van der Waals surface area contributed by atoms with Crippen molar-refractivity contribution in [2.24, 2.45) is 0 Å². The van der Waals surface area contributed by atoms with E-state index < -0.39 is 0 Å². The van der Waals surface area contributed by atoms with E-state index in [0.29, 0.717) is 31.7 Å². The Morgan fingerprint density at radius 2 is 1.62 bits per heavy atom. The van der Waals surface area contributed by atoms with E-state index in [-0.39, 0.29) is 11.9 Å². The van der Waals surface area contributed by atoms with Gasteiger partial charge in [0.25, 0.3) is 5.91 Å². The summed E-state index contributed by atoms with van der Waals surface area (Å²) in [7, 11) is 0. The summed E-state index contributed by atoms with van der Waals surface area (Å²) < 4.78 is 0. The standard InChI is InChI=1S/C16H25N3O2/c1-5-19(6-2)16(21)18-10-9-17-15(20)14-8-7-12(3)13(4)11-14/h7-8,11H,5-6,9-10H2,1-4H3,(H,17,20)(H,18,21). The number of hydrogen-bond acceptors (Lipinski definition) is 2. The number of nitrogens with one attached hydrogen (secondary N) is 2. The number of aryl methyl sites for hydroxylation is 2. The molecule has 3 amide bonds. The van der Waals surface area contributed by atoms with E-state index in [9.17, 15) is 9.59 Å². The van der Waals surface area contributed by atoms with Crippen molar-refractivity contribution in [1.82, 2.24) is 15.5 Å². The van der Waals surface area contributed by atoms with Crippen LogP contribution in [-0.4, -0.2) is 43.0 Å². The lowest BCUT2D eigenvalue weighted by molar-refractivity contribution is 0.0953. The molecule has 0 saturated heterocycles. The van der Waals surface area contributed by atoms with Crippen LogP contribution in [0.4, 0.5) is 4.79 Å². The van der Waals surface area contributed by atoms with E-state index in [0.717, 1.165) is 11.1 Å². The van der Waals surface area contributed by atoms with Crippen LogP contribution in [-0.2, 0) is 0 Å². The summed E-state index contributed by atoms with van der Waals surface area (Å²) in [5, 5.41) is 5.59. The molecule has 5 nitrogen and oxygen atoms in total. The summed E-state index contributed by atoms with van der Waals surface area (Å²) in [6.45, 7) is 10.1. The van der Waals surface area contributed by atoms with Crippen LogP contribution in [0, 0.1) is 13.8 Å². The minimum atomic E-state index is -0.116. The zero-order valence-electron chi connectivity index (χ0n) is 13.3. The van der Waals surface area contributed by atoms with Gasteiger partial charge in [-0.2, -0.15) is 0 Å². The molecule has 1 rings (SSSR count). The summed E-state index contributed by atoms with van der Waals surface area (Å²) in [6.07, 6.45) is 0. The van der Waals surface area contributed by atoms with Crippen molar-refractivity contribution >= 4 is 11.9 Å². The normalized spacial score (nSPS) is 10.1. The zero-order valence-corrected chi connectivity index (χ0v) is 13.3. The number of hydrogen-bond donors (Lipinski definition) is 2. The van der Waals surface area contributed by atoms with Crippen LogP contribution in [0.3, 0.4) is 0 Å². The van der Waals surface area contributed by atoms with Crippen LogP contribution in [0.15, 0.2) is 18.2 Å². The molecule has 0 unspecified atom stereocenters. The van der Waals surface area contributed by atoms with E-state index >= 15 is 0 Å². The van der Waals surface area contributed by atoms with Gasteiger partial charge in [0.15, 0.2) is 0 Å². The smallest absolute Gasteiger partial charge is 0.317 e. The molecular weight excluding hydrogens is 266 g/mol. The number of nitrogens with zero attached hydrogens (tertiary/aromatic N) is 1. The molecule has 0 radical (unpaired) electrons. The molecule has 116 valence electrons. The van der Waals surface area contributed by atoms with E-state index in [1.54, 1.807) is 4.90 Å². The summed E-state index contributed by atoms with van der Waals surface area (Å²) in [5.74, 6) is -0.116. The minimum absolute atomic E-state index is 0.0968. The van der Waals surface area contributed by atoms with Gasteiger partial charge in [0.2, 0.25) is 0 Å². The van der Waals surface area contributed by atoms with Gasteiger partial charge in [0.05, 0.1) is 0 Å². The molecule has 0 heterocycles. The van der Waals surface area contributed by atoms with Crippen molar-refractivity contribution in [2.75, 3.05) is 26.2 Å². The van der Waals surface area contributed by atoms with Gasteiger partial charge in [-0.1, -0.05) is 6.07 Å². The first-order valence-corrected chi connectivity index (χ1v) is 7.37. The Bertz CT molecular complexity index is 496. The monoisotopic (exact) mass is 291 g/mol. The Morgan fingerprint density at radius 1 is 1.00 bits per heavy atom. The summed E-state index contributed by atoms with van der Waals surface area (Å²) >= 11 is 0. The Hall–Kier alpha value is -2.04. The number of carbonyl (C=O) groups is 2. The second-order valence-electron chi connectivity index (χ2n) is 4.96. The van der Waals surface area contributed by atoms with E-state index in [2.05, 4.69) is 10.6 Å². The van der Waals surface area contributed by atoms with Crippen LogP contribution in [0.25, 0.3) is 0 Å². The molecule has 1 aromatic rings. The highest BCUT2D eigenvalue weighted by molar-refractivity contribution is 5.94. The van der Waals surface area contributed by atoms with Crippen LogP contribution in [0.1, 0.15) is 35.3 Å². The molecule has 0 bridgehead atoms. The molecule has 0 aliphatic carbocycles. The molecule has 0 fully saturated rings. The molecule has 21 heavy (non-hydrogen) atoms. The van der Waals surface area contributed by atoms with Gasteiger partial charge in [-0.05, 0) is 51.0 Å². The predicted molar refractivity (Wildman–Crippen MR) is 84.6 cm³/mol. The van der Waals surface area contributed by atoms with Gasteiger partial charge in [-0.15, -0.1) is 0 Å². The fourth-order valence-corrected chi connectivity index (χ4v) is 1.95. The van der Waals surface area contributed by atoms with Gasteiger partial charge in [0, 0.05) is 31.7 Å². The summed E-state index contributed by atoms with van der Waals surface area (Å²) in [5.41, 5.74) is 2.91. The van der Waals surface area contributed by atoms with Gasteiger partial charge >= 0.3 is 6.03 Å². The summed E-state index contributed by atoms with van der Waals surface area (Å²) in [6, 6.07) is 5.53. The minimum Gasteiger partial charge on any atom is -0.350 e. The second-order valence-corrected chi connectivity index (χ2v) is 4.96. The maximum absolute atomic E-state index is 12.0. The molecule has 0 spiro atoms. The van der Waals surface area contributed by atoms with Crippen molar-refractivity contribution in [1.29, 1.82) is 0 Å². The molecule has 1 aromatic carbocycles. The summed E-state index contributed by atoms with van der Waals surface area (Å²) in [4.78, 5) is 25.4. The number of amides is 3. The van der Waals surface area contributed by atoms with E-state index in [1.165, 1.54) is 0 Å². The van der Waals surface area contributed by atoms with Crippen molar-refractivity contribution in [2.45, 2.75) is 27.7 Å². The third-order valence-electron chi connectivity index (χ3n) is 3.51. The van der Waals surface area contributed by atoms with Crippen molar-refractivity contribution < 1.29 is 9.59 Å². The lowest BCUT2D eigenvalue weighted by Crippen LogP contribution is -2.42. The maximum Gasteiger partial charge on any atom is 0.317 e. The largest absolute Gasteiger partial charge is 0.350 e. The highest BCUT2D eigenvalue weighted by atomic mass is 16.2. The first-order chi connectivity index (χ1) is 9.99. The third kappa shape index (κ3) is 5.10. The molecular formula is C16H25N3O2. The molecule has 0 saturated carbocycles. The van der Waals surface area contributed by atoms with Gasteiger partial charge in [-0.3, -0.25) is 4.79 Å². The molecule has 0 aliphatic rings. The first kappa shape index (κ1) is 17.0. The van der Waals surface area contributed by atoms with Crippen LogP contribution < -0.4 is 10.6 Å². The molecule has 0 aromatic heterocycles. The number of rotatable bonds is 6. The molecule has 0 aliphatic heterocycles. The van der Waals surface area contributed by atoms with Gasteiger partial charge in [0.1, 0.15) is 0 Å². The molecule has 5 heteroatoms. The Labute approximate surface area is 126 Å². The topological polar surface area (TPSA) is 61.4 Å². The highest BCUT2D eigenvalue weighted by Crippen LogP contribution is 2.09. The lowest BCUT2D eigenvalue weighted by atomic mass is 10.1. The van der Waals surface area contributed by atoms with Crippen molar-refractivity contribution in [3.63, 3.8) is 0 Å². The fraction of sp³-hybridized carbons (Fsp3) is 0.500. The maximum atomic E-state index is 12.0. The van der Waals surface area contributed by atoms with E-state index in [1.807, 2.05) is 45.9 Å². The van der Waals surface area contributed by atoms with Gasteiger partial charge < -0.3 is 15.5 Å². The number of carbonyl (C=O) groups excluding carboxylic acids is 2. The Balaban J connectivity index is 2.37. The van der Waals surface area contributed by atoms with Gasteiger partial charge in [-0.25, -0.2) is 4.79 Å². The number of benzene rings is 1. The second kappa shape index (κ2) is 8.29. The van der Waals surface area contributed by atoms with Crippen molar-refractivity contribution in [3.05, 3.63) is 34.9 Å². The lowest BCUT2D eigenvalue weighted by Gasteiger charge is -2.19. The molecule has 0 atom stereocenters.